The van der Waals surface area contributed by atoms with Gasteiger partial charge in [0.15, 0.2) is 0 Å². The molecule has 0 aliphatic rings. The highest BCUT2D eigenvalue weighted by Gasteiger charge is 2.21. The van der Waals surface area contributed by atoms with Crippen LogP contribution in [0.25, 0.3) is 0 Å². The van der Waals surface area contributed by atoms with E-state index in [0.717, 1.165) is 11.8 Å². The molecule has 2 rings (SSSR count). The predicted octanol–water partition coefficient (Wildman–Crippen LogP) is 4.33. The molecule has 0 saturated heterocycles. The summed E-state index contributed by atoms with van der Waals surface area (Å²) in [5.41, 5.74) is 2.23. The zero-order valence-corrected chi connectivity index (χ0v) is 11.1. The molecule has 1 nitrogen and oxygen atoms in total. The predicted molar refractivity (Wildman–Crippen MR) is 79.2 cm³/mol. The van der Waals surface area contributed by atoms with Gasteiger partial charge in [-0.1, -0.05) is 72.8 Å². The Labute approximate surface area is 114 Å². The van der Waals surface area contributed by atoms with E-state index in [4.69, 9.17) is 0 Å². The summed E-state index contributed by atoms with van der Waals surface area (Å²) < 4.78 is 0. The van der Waals surface area contributed by atoms with Gasteiger partial charge in [0.25, 0.3) is 0 Å². The molecule has 0 aromatic heterocycles. The molecule has 96 valence electrons. The van der Waals surface area contributed by atoms with Gasteiger partial charge in [-0.05, 0) is 18.1 Å². The molecule has 0 unspecified atom stereocenters. The Morgan fingerprint density at radius 3 is 1.68 bits per heavy atom. The molecule has 0 radical (unpaired) electrons. The van der Waals surface area contributed by atoms with Crippen LogP contribution in [-0.2, 0) is 4.79 Å². The van der Waals surface area contributed by atoms with Crippen LogP contribution >= 0.6 is 0 Å². The first-order valence-electron chi connectivity index (χ1n) is 6.55. The van der Waals surface area contributed by atoms with Crippen molar-refractivity contribution in [3.8, 4) is 0 Å². The van der Waals surface area contributed by atoms with Crippen LogP contribution in [0.15, 0.2) is 72.8 Å². The lowest BCUT2D eigenvalue weighted by Crippen LogP contribution is -2.11. The average molecular weight is 250 g/mol. The fourth-order valence-electron chi connectivity index (χ4n) is 2.37. The van der Waals surface area contributed by atoms with Gasteiger partial charge in [-0.15, -0.1) is 0 Å². The van der Waals surface area contributed by atoms with Crippen LogP contribution in [0.3, 0.4) is 0 Å². The summed E-state index contributed by atoms with van der Waals surface area (Å²) in [6.07, 6.45) is 5.16. The standard InChI is InChI=1S/C18H18O/c1-2-9-17(15-10-5-3-6-11-15)18(14-19)16-12-7-4-8-13-16/h2-14,17-18H,1H3/b9-2+/t17-,18+/m0/s1. The summed E-state index contributed by atoms with van der Waals surface area (Å²) in [6, 6.07) is 20.1. The third kappa shape index (κ3) is 3.19. The fraction of sp³-hybridized carbons (Fsp3) is 0.167. The largest absolute Gasteiger partial charge is 0.303 e. The minimum atomic E-state index is -0.139. The second-order valence-electron chi connectivity index (χ2n) is 4.53. The van der Waals surface area contributed by atoms with Gasteiger partial charge in [-0.25, -0.2) is 0 Å². The van der Waals surface area contributed by atoms with Crippen molar-refractivity contribution in [2.75, 3.05) is 0 Å². The Morgan fingerprint density at radius 2 is 1.26 bits per heavy atom. The summed E-state index contributed by atoms with van der Waals surface area (Å²) in [4.78, 5) is 11.6. The highest BCUT2D eigenvalue weighted by Crippen LogP contribution is 2.32. The molecule has 0 bridgehead atoms. The maximum atomic E-state index is 11.6. The number of allylic oxidation sites excluding steroid dienone is 2. The monoisotopic (exact) mass is 250 g/mol. The molecule has 0 heterocycles. The second-order valence-corrected chi connectivity index (χ2v) is 4.53. The van der Waals surface area contributed by atoms with Crippen molar-refractivity contribution in [2.45, 2.75) is 18.8 Å². The molecular weight excluding hydrogens is 232 g/mol. The lowest BCUT2D eigenvalue weighted by molar-refractivity contribution is -0.109. The van der Waals surface area contributed by atoms with Gasteiger partial charge in [0.1, 0.15) is 6.29 Å². The Balaban J connectivity index is 2.40. The highest BCUT2D eigenvalue weighted by atomic mass is 16.1. The molecule has 0 spiro atoms. The van der Waals surface area contributed by atoms with Gasteiger partial charge < -0.3 is 4.79 Å². The molecule has 2 aromatic rings. The number of carbonyl (C=O) groups is 1. The van der Waals surface area contributed by atoms with Gasteiger partial charge in [0.05, 0.1) is 0 Å². The molecule has 19 heavy (non-hydrogen) atoms. The van der Waals surface area contributed by atoms with Crippen molar-refractivity contribution in [1.29, 1.82) is 0 Å². The SMILES string of the molecule is C/C=C/[C@@H](c1ccccc1)[C@H](C=O)c1ccccc1. The van der Waals surface area contributed by atoms with Crippen molar-refractivity contribution in [1.82, 2.24) is 0 Å². The van der Waals surface area contributed by atoms with Crippen molar-refractivity contribution in [3.05, 3.63) is 83.9 Å². The molecular formula is C18H18O. The summed E-state index contributed by atoms with van der Waals surface area (Å²) in [5, 5.41) is 0. The van der Waals surface area contributed by atoms with E-state index in [1.165, 1.54) is 5.56 Å². The minimum Gasteiger partial charge on any atom is -0.303 e. The number of aldehydes is 1. The van der Waals surface area contributed by atoms with E-state index in [9.17, 15) is 4.79 Å². The number of hydrogen-bond donors (Lipinski definition) is 0. The number of rotatable bonds is 5. The van der Waals surface area contributed by atoms with E-state index in [1.807, 2.05) is 61.5 Å². The molecule has 2 aromatic carbocycles. The van der Waals surface area contributed by atoms with Gasteiger partial charge in [0.2, 0.25) is 0 Å². The normalized spacial score (nSPS) is 14.2. The third-order valence-electron chi connectivity index (χ3n) is 3.30. The minimum absolute atomic E-state index is 0.0890. The van der Waals surface area contributed by atoms with Crippen molar-refractivity contribution >= 4 is 6.29 Å². The second kappa shape index (κ2) is 6.69. The number of benzene rings is 2. The molecule has 0 aliphatic carbocycles. The van der Waals surface area contributed by atoms with Gasteiger partial charge >= 0.3 is 0 Å². The Hall–Kier alpha value is -2.15. The molecule has 2 atom stereocenters. The summed E-state index contributed by atoms with van der Waals surface area (Å²) in [6.45, 7) is 1.99. The van der Waals surface area contributed by atoms with E-state index < -0.39 is 0 Å². The van der Waals surface area contributed by atoms with Crippen LogP contribution in [0, 0.1) is 0 Å². The zero-order chi connectivity index (χ0) is 13.5. The topological polar surface area (TPSA) is 17.1 Å². The maximum absolute atomic E-state index is 11.6. The van der Waals surface area contributed by atoms with Crippen LogP contribution in [-0.4, -0.2) is 6.29 Å². The first kappa shape index (κ1) is 13.3. The summed E-state index contributed by atoms with van der Waals surface area (Å²) in [7, 11) is 0. The molecule has 0 amide bonds. The number of hydrogen-bond acceptors (Lipinski definition) is 1. The van der Waals surface area contributed by atoms with E-state index in [0.29, 0.717) is 0 Å². The van der Waals surface area contributed by atoms with Crippen LogP contribution in [0.2, 0.25) is 0 Å². The molecule has 1 heteroatoms. The van der Waals surface area contributed by atoms with Crippen LogP contribution in [0.4, 0.5) is 0 Å². The quantitative estimate of drug-likeness (QED) is 0.570. The van der Waals surface area contributed by atoms with Crippen LogP contribution in [0.1, 0.15) is 29.9 Å². The average Bonchev–Trinajstić information content (AvgIpc) is 2.49. The third-order valence-corrected chi connectivity index (χ3v) is 3.30. The van der Waals surface area contributed by atoms with E-state index in [-0.39, 0.29) is 11.8 Å². The lowest BCUT2D eigenvalue weighted by Gasteiger charge is -2.20. The van der Waals surface area contributed by atoms with E-state index in [2.05, 4.69) is 18.2 Å². The van der Waals surface area contributed by atoms with Gasteiger partial charge in [-0.2, -0.15) is 0 Å². The maximum Gasteiger partial charge on any atom is 0.128 e. The zero-order valence-electron chi connectivity index (χ0n) is 11.1. The Bertz CT molecular complexity index is 528. The van der Waals surface area contributed by atoms with Gasteiger partial charge in [0, 0.05) is 11.8 Å². The first-order chi connectivity index (χ1) is 9.36. The van der Waals surface area contributed by atoms with Crippen LogP contribution in [0.5, 0.6) is 0 Å². The van der Waals surface area contributed by atoms with Crippen molar-refractivity contribution < 1.29 is 4.79 Å². The van der Waals surface area contributed by atoms with Crippen LogP contribution < -0.4 is 0 Å². The number of carbonyl (C=O) groups excluding carboxylic acids is 1. The molecule has 0 saturated carbocycles. The molecule has 0 N–H and O–H groups in total. The first-order valence-corrected chi connectivity index (χ1v) is 6.55. The van der Waals surface area contributed by atoms with Crippen molar-refractivity contribution in [2.24, 2.45) is 0 Å². The molecule has 0 fully saturated rings. The van der Waals surface area contributed by atoms with Crippen molar-refractivity contribution in [3.63, 3.8) is 0 Å². The smallest absolute Gasteiger partial charge is 0.128 e. The lowest BCUT2D eigenvalue weighted by atomic mass is 9.82. The highest BCUT2D eigenvalue weighted by molar-refractivity contribution is 5.65. The fourth-order valence-corrected chi connectivity index (χ4v) is 2.37. The van der Waals surface area contributed by atoms with E-state index >= 15 is 0 Å². The summed E-state index contributed by atoms with van der Waals surface area (Å²) in [5.74, 6) is -0.0501. The molecule has 0 aliphatic heterocycles. The van der Waals surface area contributed by atoms with Gasteiger partial charge in [-0.3, -0.25) is 0 Å². The Morgan fingerprint density at radius 1 is 0.789 bits per heavy atom. The van der Waals surface area contributed by atoms with E-state index in [1.54, 1.807) is 0 Å². The Kier molecular flexibility index (Phi) is 4.68. The summed E-state index contributed by atoms with van der Waals surface area (Å²) >= 11 is 0.